The lowest BCUT2D eigenvalue weighted by atomic mass is 9.83. The molecule has 5 rings (SSSR count). The molecule has 1 aromatic heterocycles. The maximum absolute atomic E-state index is 13.5. The Bertz CT molecular complexity index is 1190. The van der Waals surface area contributed by atoms with Crippen molar-refractivity contribution < 1.29 is 12.8 Å². The minimum absolute atomic E-state index is 0.235. The van der Waals surface area contributed by atoms with Crippen LogP contribution in [0.5, 0.6) is 0 Å². The van der Waals surface area contributed by atoms with Crippen molar-refractivity contribution in [2.24, 2.45) is 4.99 Å². The van der Waals surface area contributed by atoms with Crippen LogP contribution in [-0.2, 0) is 15.7 Å². The predicted molar refractivity (Wildman–Crippen MR) is 122 cm³/mol. The zero-order valence-electron chi connectivity index (χ0n) is 17.3. The third-order valence-electron chi connectivity index (χ3n) is 5.77. The number of benzene rings is 1. The van der Waals surface area contributed by atoms with E-state index in [4.69, 9.17) is 9.98 Å². The van der Waals surface area contributed by atoms with Gasteiger partial charge in [-0.05, 0) is 36.1 Å². The lowest BCUT2D eigenvalue weighted by molar-refractivity contribution is 0.297. The van der Waals surface area contributed by atoms with Crippen LogP contribution in [0.3, 0.4) is 0 Å². The van der Waals surface area contributed by atoms with Crippen LogP contribution in [-0.4, -0.2) is 58.9 Å². The molecule has 12 heteroatoms. The normalized spacial score (nSPS) is 26.4. The number of hydrogen-bond donors (Lipinski definition) is 2. The Kier molecular flexibility index (Phi) is 5.40. The van der Waals surface area contributed by atoms with Gasteiger partial charge in [-0.1, -0.05) is 23.9 Å². The van der Waals surface area contributed by atoms with Crippen molar-refractivity contribution in [3.63, 3.8) is 0 Å². The molecule has 0 spiro atoms. The monoisotopic (exact) mass is 475 g/mol. The molecule has 0 saturated carbocycles. The van der Waals surface area contributed by atoms with E-state index in [0.717, 1.165) is 16.4 Å². The Morgan fingerprint density at radius 1 is 1.31 bits per heavy atom. The summed E-state index contributed by atoms with van der Waals surface area (Å²) in [6, 6.07) is 8.02. The number of nitrogens with zero attached hydrogens (tertiary/aromatic N) is 5. The summed E-state index contributed by atoms with van der Waals surface area (Å²) in [4.78, 5) is 16.0. The highest BCUT2D eigenvalue weighted by Gasteiger charge is 2.49. The standard InChI is InChI=1S/C20H22FN7O2S2/c1-20(14-2-4-15(21)5-3-14)17(28-12-13-31-19(28)26-20)16-6-7-22-18(25-16)23-8-10-27-11-9-24-32(27,29)30/h2-7,12-13,17,24H,8-11H2,1H3,(H,22,23,25). The van der Waals surface area contributed by atoms with E-state index in [0.29, 0.717) is 32.1 Å². The Morgan fingerprint density at radius 2 is 2.12 bits per heavy atom. The second-order valence-electron chi connectivity index (χ2n) is 7.79. The van der Waals surface area contributed by atoms with E-state index >= 15 is 0 Å². The van der Waals surface area contributed by atoms with Gasteiger partial charge in [0.05, 0.1) is 5.69 Å². The molecule has 168 valence electrons. The van der Waals surface area contributed by atoms with Gasteiger partial charge in [-0.15, -0.1) is 0 Å². The number of halogens is 1. The second-order valence-corrected chi connectivity index (χ2v) is 10.4. The zero-order chi connectivity index (χ0) is 22.3. The first-order valence-corrected chi connectivity index (χ1v) is 12.5. The molecule has 9 nitrogen and oxygen atoms in total. The number of nitrogens with one attached hydrogen (secondary N) is 2. The minimum Gasteiger partial charge on any atom is -0.353 e. The molecule has 2 unspecified atom stereocenters. The average molecular weight is 476 g/mol. The Labute approximate surface area is 190 Å². The Balaban J connectivity index is 1.39. The van der Waals surface area contributed by atoms with Gasteiger partial charge in [0.2, 0.25) is 5.95 Å². The molecule has 1 fully saturated rings. The highest BCUT2D eigenvalue weighted by atomic mass is 32.2. The van der Waals surface area contributed by atoms with E-state index < -0.39 is 15.7 Å². The largest absolute Gasteiger partial charge is 0.353 e. The van der Waals surface area contributed by atoms with Gasteiger partial charge >= 0.3 is 0 Å². The number of aliphatic imine (C=N–C) groups is 1. The Hall–Kier alpha value is -2.54. The maximum Gasteiger partial charge on any atom is 0.279 e. The first-order valence-electron chi connectivity index (χ1n) is 10.2. The predicted octanol–water partition coefficient (Wildman–Crippen LogP) is 2.02. The van der Waals surface area contributed by atoms with Gasteiger partial charge in [0.25, 0.3) is 10.2 Å². The molecule has 1 saturated heterocycles. The highest BCUT2D eigenvalue weighted by molar-refractivity contribution is 8.16. The van der Waals surface area contributed by atoms with Crippen molar-refractivity contribution in [3.8, 4) is 0 Å². The quantitative estimate of drug-likeness (QED) is 0.659. The molecule has 1 aromatic carbocycles. The second kappa shape index (κ2) is 8.10. The first-order chi connectivity index (χ1) is 15.4. The molecule has 0 amide bonds. The smallest absolute Gasteiger partial charge is 0.279 e. The van der Waals surface area contributed by atoms with Gasteiger partial charge in [-0.25, -0.2) is 24.1 Å². The SMILES string of the molecule is CC1(c2ccc(F)cc2)N=C2SC=CN2C1c1ccnc(NCCN2CCNS2(=O)=O)n1. The van der Waals surface area contributed by atoms with Gasteiger partial charge in [-0.2, -0.15) is 12.7 Å². The summed E-state index contributed by atoms with van der Waals surface area (Å²) >= 11 is 1.54. The number of amidine groups is 1. The summed E-state index contributed by atoms with van der Waals surface area (Å²) < 4.78 is 41.2. The molecule has 2 N–H and O–H groups in total. The topological polar surface area (TPSA) is 103 Å². The summed E-state index contributed by atoms with van der Waals surface area (Å²) in [6.45, 7) is 3.58. The summed E-state index contributed by atoms with van der Waals surface area (Å²) in [5.74, 6) is 0.121. The maximum atomic E-state index is 13.5. The number of hydrogen-bond acceptors (Lipinski definition) is 8. The van der Waals surface area contributed by atoms with Crippen LogP contribution >= 0.6 is 11.8 Å². The number of anilines is 1. The van der Waals surface area contributed by atoms with E-state index in [9.17, 15) is 12.8 Å². The van der Waals surface area contributed by atoms with E-state index in [1.54, 1.807) is 18.3 Å². The van der Waals surface area contributed by atoms with Crippen LogP contribution in [0.25, 0.3) is 0 Å². The third-order valence-corrected chi connectivity index (χ3v) is 8.15. The molecule has 3 aliphatic heterocycles. The van der Waals surface area contributed by atoms with Crippen molar-refractivity contribution in [2.75, 3.05) is 31.5 Å². The summed E-state index contributed by atoms with van der Waals surface area (Å²) in [5.41, 5.74) is 0.984. The van der Waals surface area contributed by atoms with E-state index in [-0.39, 0.29) is 11.9 Å². The number of rotatable bonds is 6. The van der Waals surface area contributed by atoms with Crippen molar-refractivity contribution in [1.29, 1.82) is 0 Å². The van der Waals surface area contributed by atoms with Crippen molar-refractivity contribution in [2.45, 2.75) is 18.5 Å². The Morgan fingerprint density at radius 3 is 2.88 bits per heavy atom. The molecule has 2 aromatic rings. The fourth-order valence-electron chi connectivity index (χ4n) is 4.18. The van der Waals surface area contributed by atoms with Crippen LogP contribution in [0.2, 0.25) is 0 Å². The minimum atomic E-state index is -3.38. The molecule has 0 bridgehead atoms. The van der Waals surface area contributed by atoms with Gasteiger partial charge in [-0.3, -0.25) is 0 Å². The first kappa shape index (κ1) is 21.3. The van der Waals surface area contributed by atoms with E-state index in [1.807, 2.05) is 24.6 Å². The van der Waals surface area contributed by atoms with Crippen molar-refractivity contribution in [3.05, 3.63) is 65.2 Å². The molecular formula is C20H22FN7O2S2. The molecule has 4 heterocycles. The summed E-state index contributed by atoms with van der Waals surface area (Å²) in [5, 5.41) is 5.96. The summed E-state index contributed by atoms with van der Waals surface area (Å²) in [6.07, 6.45) is 3.65. The van der Waals surface area contributed by atoms with Crippen LogP contribution < -0.4 is 10.0 Å². The zero-order valence-corrected chi connectivity index (χ0v) is 18.9. The molecular weight excluding hydrogens is 453 g/mol. The van der Waals surface area contributed by atoms with Crippen LogP contribution in [0.15, 0.2) is 53.1 Å². The molecule has 0 aliphatic carbocycles. The third kappa shape index (κ3) is 3.76. The lowest BCUT2D eigenvalue weighted by Crippen LogP contribution is -2.34. The van der Waals surface area contributed by atoms with Gasteiger partial charge < -0.3 is 10.2 Å². The van der Waals surface area contributed by atoms with E-state index in [2.05, 4.69) is 19.9 Å². The molecule has 2 atom stereocenters. The molecule has 0 radical (unpaired) electrons. The summed E-state index contributed by atoms with van der Waals surface area (Å²) in [7, 11) is -3.38. The van der Waals surface area contributed by atoms with Crippen LogP contribution in [0.1, 0.15) is 24.2 Å². The van der Waals surface area contributed by atoms with Crippen LogP contribution in [0.4, 0.5) is 10.3 Å². The van der Waals surface area contributed by atoms with Gasteiger partial charge in [0, 0.05) is 38.6 Å². The average Bonchev–Trinajstić information content (AvgIpc) is 3.41. The number of fused-ring (bicyclic) bond motifs is 1. The van der Waals surface area contributed by atoms with Gasteiger partial charge in [0.1, 0.15) is 17.4 Å². The van der Waals surface area contributed by atoms with Crippen molar-refractivity contribution >= 4 is 33.1 Å². The highest BCUT2D eigenvalue weighted by Crippen LogP contribution is 2.50. The molecule has 32 heavy (non-hydrogen) atoms. The fraction of sp³-hybridized carbons (Fsp3) is 0.350. The van der Waals surface area contributed by atoms with Gasteiger partial charge in [0.15, 0.2) is 5.17 Å². The molecule has 3 aliphatic rings. The fourth-order valence-corrected chi connectivity index (χ4v) is 6.22. The van der Waals surface area contributed by atoms with Crippen molar-refractivity contribution in [1.82, 2.24) is 23.9 Å². The number of aromatic nitrogens is 2. The van der Waals surface area contributed by atoms with E-state index in [1.165, 1.54) is 28.2 Å². The lowest BCUT2D eigenvalue weighted by Gasteiger charge is -2.33. The van der Waals surface area contributed by atoms with Crippen LogP contribution in [0, 0.1) is 5.82 Å². The number of thioether (sulfide) groups is 1.